The van der Waals surface area contributed by atoms with Gasteiger partial charge in [0.1, 0.15) is 6.61 Å². The van der Waals surface area contributed by atoms with Crippen molar-refractivity contribution in [1.82, 2.24) is 4.90 Å². The Morgan fingerprint density at radius 2 is 1.69 bits per heavy atom. The van der Waals surface area contributed by atoms with Gasteiger partial charge in [-0.3, -0.25) is 4.90 Å². The van der Waals surface area contributed by atoms with Crippen LogP contribution in [0.3, 0.4) is 0 Å². The molecule has 3 fully saturated rings. The average molecular weight is 396 g/mol. The van der Waals surface area contributed by atoms with Crippen molar-refractivity contribution >= 4 is 5.90 Å². The first-order valence-corrected chi connectivity index (χ1v) is 9.16. The maximum absolute atomic E-state index is 5.81. The summed E-state index contributed by atoms with van der Waals surface area (Å²) >= 11 is 0. The van der Waals surface area contributed by atoms with Gasteiger partial charge in [-0.2, -0.15) is 0 Å². The molecule has 0 amide bonds. The van der Waals surface area contributed by atoms with Crippen molar-refractivity contribution in [2.45, 2.75) is 19.9 Å². The summed E-state index contributed by atoms with van der Waals surface area (Å²) in [6.45, 7) is 9.75. The summed E-state index contributed by atoms with van der Waals surface area (Å²) in [4.78, 5) is 7.16. The molecule has 10 radical (unpaired) electrons. The van der Waals surface area contributed by atoms with Crippen LogP contribution in [0.4, 0.5) is 0 Å². The van der Waals surface area contributed by atoms with Gasteiger partial charge in [-0.25, -0.2) is 4.99 Å². The molecule has 4 nitrogen and oxygen atoms in total. The zero-order chi connectivity index (χ0) is 17.5. The van der Waals surface area contributed by atoms with Crippen LogP contribution in [-0.2, 0) is 26.5 Å². The van der Waals surface area contributed by atoms with Crippen molar-refractivity contribution < 1.29 is 26.5 Å². The molecule has 0 aromatic carbocycles. The number of hydrogen-bond donors (Lipinski definition) is 0. The van der Waals surface area contributed by atoms with Gasteiger partial charge in [-0.1, -0.05) is 13.8 Å². The molecule has 0 unspecified atom stereocenters. The van der Waals surface area contributed by atoms with Gasteiger partial charge >= 0.3 is 17.1 Å². The van der Waals surface area contributed by atoms with Gasteiger partial charge in [-0.15, -0.1) is 0 Å². The van der Waals surface area contributed by atoms with Crippen molar-refractivity contribution in [3.8, 4) is 0 Å². The summed E-state index contributed by atoms with van der Waals surface area (Å²) in [6, 6.07) is 0.302. The molecule has 4 rings (SSSR count). The Hall–Kier alpha value is -0.0905. The summed E-state index contributed by atoms with van der Waals surface area (Å²) in [7, 11) is 0. The van der Waals surface area contributed by atoms with Crippen LogP contribution in [0.15, 0.2) is 4.99 Å². The van der Waals surface area contributed by atoms with Gasteiger partial charge in [0.15, 0.2) is 5.90 Å². The number of rotatable bonds is 4. The van der Waals surface area contributed by atoms with E-state index >= 15 is 0 Å². The summed E-state index contributed by atoms with van der Waals surface area (Å²) in [6.07, 6.45) is 16.4. The molecule has 2 saturated carbocycles. The van der Waals surface area contributed by atoms with E-state index in [2.05, 4.69) is 38.0 Å². The SMILES string of the molecule is CC(C)[C@H]1COC([C]2[CH][CH][CH][C]2CN2CCOCC2)=N1.[CH]1[CH][CH][CH][CH]1.[Fe+2]. The summed E-state index contributed by atoms with van der Waals surface area (Å²) in [5.74, 6) is 3.84. The standard InChI is InChI=1S/C16H23N2O2.C5H5.Fe/c1-12(2)15-11-20-16(17-15)14-5-3-4-13(14)10-18-6-8-19-9-7-18;1-2-4-5-3-1;/h3-5,12,15H,6-11H2,1-2H3;1-5H;/q;;+2/t15-;;/m1../s1. The molecule has 2 aliphatic carbocycles. The molecule has 0 bridgehead atoms. The molecule has 0 spiro atoms. The number of nitrogens with zero attached hydrogens (tertiary/aromatic N) is 2. The fourth-order valence-corrected chi connectivity index (χ4v) is 3.00. The molecule has 0 N–H and O–H groups in total. The molecule has 5 heteroatoms. The second kappa shape index (κ2) is 11.7. The van der Waals surface area contributed by atoms with E-state index in [0.29, 0.717) is 12.0 Å². The van der Waals surface area contributed by atoms with Crippen LogP contribution in [0.2, 0.25) is 0 Å². The average Bonchev–Trinajstić information content (AvgIpc) is 3.38. The molecule has 2 aliphatic heterocycles. The Balaban J connectivity index is 0.000000351. The molecule has 2 heterocycles. The largest absolute Gasteiger partial charge is 2.00 e. The third kappa shape index (κ3) is 6.51. The first kappa shape index (κ1) is 22.2. The minimum atomic E-state index is 0. The molecule has 140 valence electrons. The van der Waals surface area contributed by atoms with Gasteiger partial charge in [0.25, 0.3) is 0 Å². The minimum Gasteiger partial charge on any atom is -0.478 e. The van der Waals surface area contributed by atoms with E-state index in [4.69, 9.17) is 14.5 Å². The van der Waals surface area contributed by atoms with Gasteiger partial charge in [-0.05, 0) is 57.3 Å². The normalized spacial score (nSPS) is 27.7. The maximum Gasteiger partial charge on any atom is 2.00 e. The third-order valence-corrected chi connectivity index (χ3v) is 4.63. The van der Waals surface area contributed by atoms with E-state index in [1.54, 1.807) is 0 Å². The quantitative estimate of drug-likeness (QED) is 0.686. The number of ether oxygens (including phenoxy) is 2. The molecule has 4 aliphatic rings. The third-order valence-electron chi connectivity index (χ3n) is 4.63. The fourth-order valence-electron chi connectivity index (χ4n) is 3.00. The van der Waals surface area contributed by atoms with Crippen molar-refractivity contribution in [2.24, 2.45) is 10.9 Å². The summed E-state index contributed by atoms with van der Waals surface area (Å²) < 4.78 is 11.2. The molecule has 26 heavy (non-hydrogen) atoms. The predicted octanol–water partition coefficient (Wildman–Crippen LogP) is 2.57. The molecular formula is C21H28FeN2O2+2. The summed E-state index contributed by atoms with van der Waals surface area (Å²) in [5.41, 5.74) is 0. The molecule has 0 aromatic heterocycles. The Bertz CT molecular complexity index is 413. The van der Waals surface area contributed by atoms with Gasteiger partial charge in [0.05, 0.1) is 25.2 Å². The Morgan fingerprint density at radius 1 is 1.04 bits per heavy atom. The monoisotopic (exact) mass is 396 g/mol. The minimum absolute atomic E-state index is 0. The second-order valence-electron chi connectivity index (χ2n) is 6.87. The van der Waals surface area contributed by atoms with Crippen molar-refractivity contribution in [3.63, 3.8) is 0 Å². The molecule has 1 saturated heterocycles. The van der Waals surface area contributed by atoms with E-state index in [1.165, 1.54) is 11.8 Å². The van der Waals surface area contributed by atoms with Crippen LogP contribution < -0.4 is 0 Å². The van der Waals surface area contributed by atoms with Crippen molar-refractivity contribution in [2.75, 3.05) is 39.5 Å². The topological polar surface area (TPSA) is 34.1 Å². The predicted molar refractivity (Wildman–Crippen MR) is 100 cm³/mol. The zero-order valence-electron chi connectivity index (χ0n) is 15.6. The van der Waals surface area contributed by atoms with Crippen LogP contribution in [0.25, 0.3) is 0 Å². The fraction of sp³-hybridized carbons (Fsp3) is 0.476. The number of aliphatic imine (C=N–C) groups is 1. The number of hydrogen-bond acceptors (Lipinski definition) is 4. The van der Waals surface area contributed by atoms with E-state index < -0.39 is 0 Å². The first-order valence-electron chi connectivity index (χ1n) is 9.16. The van der Waals surface area contributed by atoms with Crippen LogP contribution in [0, 0.1) is 69.1 Å². The molecule has 0 aromatic rings. The van der Waals surface area contributed by atoms with Gasteiger partial charge < -0.3 is 9.47 Å². The Labute approximate surface area is 170 Å². The van der Waals surface area contributed by atoms with Crippen molar-refractivity contribution in [1.29, 1.82) is 0 Å². The number of morpholine rings is 1. The van der Waals surface area contributed by atoms with E-state index in [9.17, 15) is 0 Å². The first-order chi connectivity index (χ1) is 12.2. The maximum atomic E-state index is 5.81. The Kier molecular flexibility index (Phi) is 9.98. The second-order valence-corrected chi connectivity index (χ2v) is 6.87. The van der Waals surface area contributed by atoms with Crippen LogP contribution in [0.1, 0.15) is 13.8 Å². The van der Waals surface area contributed by atoms with Crippen molar-refractivity contribution in [3.05, 3.63) is 63.2 Å². The van der Waals surface area contributed by atoms with Crippen LogP contribution in [0.5, 0.6) is 0 Å². The smallest absolute Gasteiger partial charge is 0.478 e. The van der Waals surface area contributed by atoms with Crippen LogP contribution in [-0.4, -0.2) is 56.3 Å². The van der Waals surface area contributed by atoms with E-state index in [0.717, 1.165) is 45.4 Å². The van der Waals surface area contributed by atoms with E-state index in [1.807, 2.05) is 32.1 Å². The zero-order valence-corrected chi connectivity index (χ0v) is 16.7. The summed E-state index contributed by atoms with van der Waals surface area (Å²) in [5, 5.41) is 0. The Morgan fingerprint density at radius 3 is 2.27 bits per heavy atom. The van der Waals surface area contributed by atoms with Gasteiger partial charge in [0, 0.05) is 25.6 Å². The molecule has 1 atom stereocenters. The van der Waals surface area contributed by atoms with E-state index in [-0.39, 0.29) is 17.1 Å². The van der Waals surface area contributed by atoms with Gasteiger partial charge in [0.2, 0.25) is 0 Å². The molecular weight excluding hydrogens is 368 g/mol. The van der Waals surface area contributed by atoms with Crippen LogP contribution >= 0.6 is 0 Å².